The lowest BCUT2D eigenvalue weighted by Crippen LogP contribution is -1.93. The van der Waals surface area contributed by atoms with Gasteiger partial charge in [-0.1, -0.05) is 17.3 Å². The SMILES string of the molecule is COC[C@@H]1C[C@H]1c1nc(-c2ccc(I)cc2)no1. The lowest BCUT2D eigenvalue weighted by molar-refractivity contribution is 0.182. The number of ether oxygens (including phenoxy) is 1. The van der Waals surface area contributed by atoms with E-state index in [1.165, 1.54) is 3.57 Å². The Morgan fingerprint density at radius 3 is 2.89 bits per heavy atom. The minimum Gasteiger partial charge on any atom is -0.384 e. The Morgan fingerprint density at radius 1 is 1.39 bits per heavy atom. The summed E-state index contributed by atoms with van der Waals surface area (Å²) in [6, 6.07) is 8.10. The molecule has 0 saturated heterocycles. The third-order valence-electron chi connectivity index (χ3n) is 3.16. The smallest absolute Gasteiger partial charge is 0.230 e. The van der Waals surface area contributed by atoms with Crippen LogP contribution in [0.5, 0.6) is 0 Å². The van der Waals surface area contributed by atoms with Crippen LogP contribution in [0.3, 0.4) is 0 Å². The van der Waals surface area contributed by atoms with Gasteiger partial charge in [0.05, 0.1) is 0 Å². The number of benzene rings is 1. The van der Waals surface area contributed by atoms with E-state index in [0.29, 0.717) is 17.7 Å². The first-order chi connectivity index (χ1) is 8.78. The van der Waals surface area contributed by atoms with Gasteiger partial charge < -0.3 is 9.26 Å². The standard InChI is InChI=1S/C13H13IN2O2/c1-17-7-9-6-11(9)13-15-12(16-18-13)8-2-4-10(14)5-3-8/h2-5,9,11H,6-7H2,1H3/t9-,11+/m0/s1. The predicted molar refractivity (Wildman–Crippen MR) is 75.2 cm³/mol. The van der Waals surface area contributed by atoms with Crippen molar-refractivity contribution in [3.05, 3.63) is 33.7 Å². The second kappa shape index (κ2) is 4.97. The van der Waals surface area contributed by atoms with E-state index < -0.39 is 0 Å². The molecule has 1 saturated carbocycles. The van der Waals surface area contributed by atoms with Crippen molar-refractivity contribution in [3.8, 4) is 11.4 Å². The number of nitrogens with zero attached hydrogens (tertiary/aromatic N) is 2. The Balaban J connectivity index is 1.76. The molecule has 5 heteroatoms. The van der Waals surface area contributed by atoms with Gasteiger partial charge in [-0.2, -0.15) is 4.98 Å². The van der Waals surface area contributed by atoms with Crippen molar-refractivity contribution in [2.45, 2.75) is 12.3 Å². The fourth-order valence-corrected chi connectivity index (χ4v) is 2.41. The number of aromatic nitrogens is 2. The van der Waals surface area contributed by atoms with Crippen molar-refractivity contribution in [1.29, 1.82) is 0 Å². The zero-order valence-electron chi connectivity index (χ0n) is 9.97. The van der Waals surface area contributed by atoms with E-state index >= 15 is 0 Å². The molecule has 1 aromatic carbocycles. The summed E-state index contributed by atoms with van der Waals surface area (Å²) in [5.41, 5.74) is 0.995. The summed E-state index contributed by atoms with van der Waals surface area (Å²) in [4.78, 5) is 4.47. The molecule has 1 aliphatic rings. The average molecular weight is 356 g/mol. The molecule has 3 rings (SSSR count). The van der Waals surface area contributed by atoms with Gasteiger partial charge in [0.2, 0.25) is 11.7 Å². The van der Waals surface area contributed by atoms with Gasteiger partial charge >= 0.3 is 0 Å². The van der Waals surface area contributed by atoms with Crippen LogP contribution in [0.2, 0.25) is 0 Å². The molecule has 0 unspecified atom stereocenters. The maximum absolute atomic E-state index is 5.33. The van der Waals surface area contributed by atoms with E-state index in [0.717, 1.165) is 24.5 Å². The summed E-state index contributed by atoms with van der Waals surface area (Å²) < 4.78 is 11.7. The highest BCUT2D eigenvalue weighted by Gasteiger charge is 2.42. The van der Waals surface area contributed by atoms with E-state index in [2.05, 4.69) is 32.7 Å². The van der Waals surface area contributed by atoms with Gasteiger partial charge in [0.15, 0.2) is 0 Å². The molecule has 1 aliphatic carbocycles. The highest BCUT2D eigenvalue weighted by atomic mass is 127. The Kier molecular flexibility index (Phi) is 3.34. The number of halogens is 1. The van der Waals surface area contributed by atoms with Crippen LogP contribution in [0, 0.1) is 9.49 Å². The van der Waals surface area contributed by atoms with E-state index in [9.17, 15) is 0 Å². The molecule has 0 amide bonds. The largest absolute Gasteiger partial charge is 0.384 e. The molecule has 4 nitrogen and oxygen atoms in total. The Labute approximate surface area is 119 Å². The zero-order valence-corrected chi connectivity index (χ0v) is 12.1. The summed E-state index contributed by atoms with van der Waals surface area (Å²) in [7, 11) is 1.72. The van der Waals surface area contributed by atoms with Crippen LogP contribution in [0.1, 0.15) is 18.2 Å². The summed E-state index contributed by atoms with van der Waals surface area (Å²) >= 11 is 2.28. The highest BCUT2D eigenvalue weighted by Crippen LogP contribution is 2.46. The van der Waals surface area contributed by atoms with E-state index in [-0.39, 0.29) is 0 Å². The van der Waals surface area contributed by atoms with Crippen molar-refractivity contribution in [1.82, 2.24) is 10.1 Å². The molecule has 1 fully saturated rings. The molecule has 18 heavy (non-hydrogen) atoms. The van der Waals surface area contributed by atoms with Crippen molar-refractivity contribution < 1.29 is 9.26 Å². The Hall–Kier alpha value is -0.950. The molecule has 1 aromatic heterocycles. The third kappa shape index (κ3) is 2.42. The predicted octanol–water partition coefficient (Wildman–Crippen LogP) is 3.09. The fourth-order valence-electron chi connectivity index (χ4n) is 2.05. The fraction of sp³-hybridized carbons (Fsp3) is 0.385. The number of hydrogen-bond acceptors (Lipinski definition) is 4. The molecule has 0 aliphatic heterocycles. The zero-order chi connectivity index (χ0) is 12.5. The maximum Gasteiger partial charge on any atom is 0.230 e. The molecule has 94 valence electrons. The van der Waals surface area contributed by atoms with Gasteiger partial charge in [-0.25, -0.2) is 0 Å². The monoisotopic (exact) mass is 356 g/mol. The number of rotatable bonds is 4. The summed E-state index contributed by atoms with van der Waals surface area (Å²) in [5, 5.41) is 4.04. The van der Waals surface area contributed by atoms with Gasteiger partial charge in [0.1, 0.15) is 0 Å². The first-order valence-electron chi connectivity index (χ1n) is 5.86. The second-order valence-corrected chi connectivity index (χ2v) is 5.77. The van der Waals surface area contributed by atoms with Crippen LogP contribution in [-0.2, 0) is 4.74 Å². The van der Waals surface area contributed by atoms with Gasteiger partial charge in [0, 0.05) is 28.8 Å². The molecule has 2 atom stereocenters. The molecule has 0 spiro atoms. The van der Waals surface area contributed by atoms with Crippen LogP contribution >= 0.6 is 22.6 Å². The lowest BCUT2D eigenvalue weighted by Gasteiger charge is -1.94. The third-order valence-corrected chi connectivity index (χ3v) is 3.88. The van der Waals surface area contributed by atoms with Gasteiger partial charge in [-0.3, -0.25) is 0 Å². The minimum atomic E-state index is 0.384. The van der Waals surface area contributed by atoms with Crippen LogP contribution in [-0.4, -0.2) is 23.9 Å². The van der Waals surface area contributed by atoms with Crippen LogP contribution < -0.4 is 0 Å². The summed E-state index contributed by atoms with van der Waals surface area (Å²) in [5.74, 6) is 2.34. The molecule has 1 heterocycles. The minimum absolute atomic E-state index is 0.384. The quantitative estimate of drug-likeness (QED) is 0.790. The van der Waals surface area contributed by atoms with E-state index in [1.807, 2.05) is 24.3 Å². The van der Waals surface area contributed by atoms with Crippen molar-refractivity contribution in [2.75, 3.05) is 13.7 Å². The molecule has 0 radical (unpaired) electrons. The second-order valence-electron chi connectivity index (χ2n) is 4.52. The van der Waals surface area contributed by atoms with Crippen LogP contribution in [0.25, 0.3) is 11.4 Å². The van der Waals surface area contributed by atoms with Crippen molar-refractivity contribution in [3.63, 3.8) is 0 Å². The number of methoxy groups -OCH3 is 1. The van der Waals surface area contributed by atoms with Crippen molar-refractivity contribution >= 4 is 22.6 Å². The van der Waals surface area contributed by atoms with Gasteiger partial charge in [-0.15, -0.1) is 0 Å². The molecule has 0 N–H and O–H groups in total. The Morgan fingerprint density at radius 2 is 2.17 bits per heavy atom. The first kappa shape index (κ1) is 12.1. The van der Waals surface area contributed by atoms with E-state index in [1.54, 1.807) is 7.11 Å². The van der Waals surface area contributed by atoms with Crippen molar-refractivity contribution in [2.24, 2.45) is 5.92 Å². The van der Waals surface area contributed by atoms with Gasteiger partial charge in [-0.05, 0) is 47.1 Å². The summed E-state index contributed by atoms with van der Waals surface area (Å²) in [6.07, 6.45) is 1.09. The molecular weight excluding hydrogens is 343 g/mol. The van der Waals surface area contributed by atoms with Gasteiger partial charge in [0.25, 0.3) is 0 Å². The first-order valence-corrected chi connectivity index (χ1v) is 6.94. The molecular formula is C13H13IN2O2. The lowest BCUT2D eigenvalue weighted by atomic mass is 10.2. The van der Waals surface area contributed by atoms with Crippen LogP contribution in [0.4, 0.5) is 0 Å². The average Bonchev–Trinajstić information content (AvgIpc) is 2.97. The van der Waals surface area contributed by atoms with Crippen LogP contribution in [0.15, 0.2) is 28.8 Å². The maximum atomic E-state index is 5.33. The van der Waals surface area contributed by atoms with E-state index in [4.69, 9.17) is 9.26 Å². The Bertz CT molecular complexity index is 538. The highest BCUT2D eigenvalue weighted by molar-refractivity contribution is 14.1. The molecule has 0 bridgehead atoms. The summed E-state index contributed by atoms with van der Waals surface area (Å²) in [6.45, 7) is 0.770. The number of hydrogen-bond donors (Lipinski definition) is 0. The topological polar surface area (TPSA) is 48.2 Å². The molecule has 2 aromatic rings. The normalized spacial score (nSPS) is 22.1.